The molecule has 0 saturated carbocycles. The van der Waals surface area contributed by atoms with Gasteiger partial charge in [0.05, 0.1) is 18.7 Å². The number of rotatable bonds is 6. The number of hydrogen-bond donors (Lipinski definition) is 4. The third-order valence-corrected chi connectivity index (χ3v) is 2.07. The van der Waals surface area contributed by atoms with E-state index in [4.69, 9.17) is 10.8 Å². The maximum absolute atomic E-state index is 11.4. The Hall–Kier alpha value is -2.71. The fourth-order valence-electron chi connectivity index (χ4n) is 1.21. The third-order valence-electron chi connectivity index (χ3n) is 2.07. The van der Waals surface area contributed by atoms with Crippen LogP contribution in [0.5, 0.6) is 0 Å². The molecule has 0 spiro atoms. The van der Waals surface area contributed by atoms with Crippen LogP contribution in [-0.2, 0) is 16.1 Å². The molecule has 0 aliphatic rings. The number of nitrogens with two attached hydrogens (primary N) is 1. The van der Waals surface area contributed by atoms with Crippen LogP contribution < -0.4 is 16.4 Å². The van der Waals surface area contributed by atoms with E-state index in [9.17, 15) is 14.4 Å². The number of aliphatic carboxylic acids is 1. The van der Waals surface area contributed by atoms with Gasteiger partial charge in [-0.3, -0.25) is 4.79 Å². The smallest absolute Gasteiger partial charge is 0.326 e. The number of carbonyl (C=O) groups is 3. The number of urea groups is 1. The Kier molecular flexibility index (Phi) is 5.20. The van der Waals surface area contributed by atoms with Gasteiger partial charge in [-0.1, -0.05) is 0 Å². The van der Waals surface area contributed by atoms with Crippen LogP contribution in [0, 0.1) is 0 Å². The zero-order valence-electron chi connectivity index (χ0n) is 9.87. The molecule has 0 unspecified atom stereocenters. The zero-order valence-corrected chi connectivity index (χ0v) is 9.87. The molecule has 0 radical (unpaired) electrons. The molecule has 1 aromatic heterocycles. The van der Waals surface area contributed by atoms with E-state index in [-0.39, 0.29) is 6.54 Å². The second kappa shape index (κ2) is 6.89. The summed E-state index contributed by atoms with van der Waals surface area (Å²) in [5.74, 6) is -2.16. The first kappa shape index (κ1) is 14.4. The predicted octanol–water partition coefficient (Wildman–Crippen LogP) is -1.40. The van der Waals surface area contributed by atoms with Crippen molar-refractivity contribution in [1.82, 2.24) is 20.8 Å². The van der Waals surface area contributed by atoms with Gasteiger partial charge < -0.3 is 21.5 Å². The Morgan fingerprint density at radius 2 is 2.16 bits per heavy atom. The van der Waals surface area contributed by atoms with Crippen LogP contribution in [0.15, 0.2) is 18.3 Å². The van der Waals surface area contributed by atoms with E-state index in [1.165, 1.54) is 6.20 Å². The fourth-order valence-corrected chi connectivity index (χ4v) is 1.21. The minimum absolute atomic E-state index is 0.0859. The molecule has 1 atom stereocenters. The first-order valence-electron chi connectivity index (χ1n) is 5.31. The lowest BCUT2D eigenvalue weighted by Gasteiger charge is -2.13. The van der Waals surface area contributed by atoms with E-state index < -0.39 is 30.4 Å². The molecule has 1 heterocycles. The van der Waals surface area contributed by atoms with E-state index in [1.54, 1.807) is 12.1 Å². The Balaban J connectivity index is 2.45. The van der Waals surface area contributed by atoms with Crippen LogP contribution in [0.3, 0.4) is 0 Å². The lowest BCUT2D eigenvalue weighted by atomic mass is 10.2. The molecule has 0 aromatic carbocycles. The molecule has 102 valence electrons. The van der Waals surface area contributed by atoms with Gasteiger partial charge in [0.1, 0.15) is 6.04 Å². The Labute approximate surface area is 108 Å². The van der Waals surface area contributed by atoms with Crippen molar-refractivity contribution in [1.29, 1.82) is 0 Å². The summed E-state index contributed by atoms with van der Waals surface area (Å²) in [6.07, 6.45) is 1.00. The minimum Gasteiger partial charge on any atom is -0.480 e. The molecular weight excluding hydrogens is 254 g/mol. The highest BCUT2D eigenvalue weighted by Crippen LogP contribution is 1.93. The molecule has 1 aromatic rings. The van der Waals surface area contributed by atoms with Gasteiger partial charge in [-0.15, -0.1) is 0 Å². The summed E-state index contributed by atoms with van der Waals surface area (Å²) in [4.78, 5) is 32.8. The average molecular weight is 267 g/mol. The Morgan fingerprint density at radius 3 is 2.68 bits per heavy atom. The summed E-state index contributed by atoms with van der Waals surface area (Å²) in [6.45, 7) is 0.0859. The molecule has 0 aliphatic carbocycles. The number of carboxylic acids is 1. The topological polar surface area (TPSA) is 147 Å². The van der Waals surface area contributed by atoms with E-state index >= 15 is 0 Å². The maximum atomic E-state index is 11.4. The molecule has 0 fully saturated rings. The molecule has 19 heavy (non-hydrogen) atoms. The molecular formula is C10H13N5O4. The second-order valence-corrected chi connectivity index (χ2v) is 3.60. The number of carboxylic acid groups (broad SMARTS) is 1. The standard InChI is InChI=1S/C10H13N5O4/c11-8(16)4-7(9(17)18)14-10(19)12-5-6-2-1-3-13-15-6/h1-3,7H,4-5H2,(H2,11,16)(H,17,18)(H2,12,14,19)/t7-/m0/s1. The number of nitrogens with one attached hydrogen (secondary N) is 2. The van der Waals surface area contributed by atoms with Gasteiger partial charge in [-0.25, -0.2) is 9.59 Å². The zero-order chi connectivity index (χ0) is 14.3. The van der Waals surface area contributed by atoms with Gasteiger partial charge in [0.25, 0.3) is 0 Å². The van der Waals surface area contributed by atoms with Gasteiger partial charge in [0.2, 0.25) is 5.91 Å². The highest BCUT2D eigenvalue weighted by molar-refractivity contribution is 5.87. The van der Waals surface area contributed by atoms with Crippen molar-refractivity contribution in [2.24, 2.45) is 5.73 Å². The summed E-state index contributed by atoms with van der Waals surface area (Å²) >= 11 is 0. The van der Waals surface area contributed by atoms with E-state index in [2.05, 4.69) is 20.8 Å². The van der Waals surface area contributed by atoms with Gasteiger partial charge in [-0.05, 0) is 12.1 Å². The number of hydrogen-bond acceptors (Lipinski definition) is 5. The highest BCUT2D eigenvalue weighted by Gasteiger charge is 2.21. The molecule has 9 heteroatoms. The lowest BCUT2D eigenvalue weighted by Crippen LogP contribution is -2.47. The number of nitrogens with zero attached hydrogens (tertiary/aromatic N) is 2. The first-order valence-corrected chi connectivity index (χ1v) is 5.31. The van der Waals surface area contributed by atoms with Crippen LogP contribution in [0.1, 0.15) is 12.1 Å². The van der Waals surface area contributed by atoms with Crippen molar-refractivity contribution in [2.45, 2.75) is 19.0 Å². The summed E-state index contributed by atoms with van der Waals surface area (Å²) in [5.41, 5.74) is 5.39. The SMILES string of the molecule is NC(=O)C[C@H](NC(=O)NCc1cccnn1)C(=O)O. The van der Waals surface area contributed by atoms with Crippen LogP contribution in [0.25, 0.3) is 0 Å². The molecule has 3 amide bonds. The molecule has 5 N–H and O–H groups in total. The Bertz CT molecular complexity index is 464. The normalized spacial score (nSPS) is 11.4. The van der Waals surface area contributed by atoms with Crippen LogP contribution >= 0.6 is 0 Å². The number of aromatic nitrogens is 2. The lowest BCUT2D eigenvalue weighted by molar-refractivity contribution is -0.140. The summed E-state index contributed by atoms with van der Waals surface area (Å²) in [7, 11) is 0. The Morgan fingerprint density at radius 1 is 1.42 bits per heavy atom. The van der Waals surface area contributed by atoms with Crippen molar-refractivity contribution >= 4 is 17.9 Å². The van der Waals surface area contributed by atoms with Crippen molar-refractivity contribution in [3.8, 4) is 0 Å². The quantitative estimate of drug-likeness (QED) is 0.498. The molecule has 1 rings (SSSR count). The highest BCUT2D eigenvalue weighted by atomic mass is 16.4. The molecule has 9 nitrogen and oxygen atoms in total. The van der Waals surface area contributed by atoms with Crippen LogP contribution in [0.2, 0.25) is 0 Å². The van der Waals surface area contributed by atoms with E-state index in [0.29, 0.717) is 5.69 Å². The molecule has 0 bridgehead atoms. The number of primary amides is 1. The average Bonchev–Trinajstić information content (AvgIpc) is 2.36. The van der Waals surface area contributed by atoms with Crippen LogP contribution in [0.4, 0.5) is 4.79 Å². The molecule has 0 saturated heterocycles. The largest absolute Gasteiger partial charge is 0.480 e. The van der Waals surface area contributed by atoms with Gasteiger partial charge in [-0.2, -0.15) is 10.2 Å². The van der Waals surface area contributed by atoms with Gasteiger partial charge in [0.15, 0.2) is 0 Å². The minimum atomic E-state index is -1.36. The van der Waals surface area contributed by atoms with Gasteiger partial charge in [0, 0.05) is 6.20 Å². The van der Waals surface area contributed by atoms with Crippen LogP contribution in [-0.4, -0.2) is 39.3 Å². The fraction of sp³-hybridized carbons (Fsp3) is 0.300. The first-order chi connectivity index (χ1) is 8.99. The van der Waals surface area contributed by atoms with Gasteiger partial charge >= 0.3 is 12.0 Å². The van der Waals surface area contributed by atoms with E-state index in [1.807, 2.05) is 0 Å². The van der Waals surface area contributed by atoms with Crippen molar-refractivity contribution < 1.29 is 19.5 Å². The van der Waals surface area contributed by atoms with Crippen molar-refractivity contribution in [2.75, 3.05) is 0 Å². The number of amides is 3. The second-order valence-electron chi connectivity index (χ2n) is 3.60. The number of carbonyl (C=O) groups excluding carboxylic acids is 2. The predicted molar refractivity (Wildman–Crippen MR) is 62.6 cm³/mol. The van der Waals surface area contributed by atoms with Crippen molar-refractivity contribution in [3.63, 3.8) is 0 Å². The summed E-state index contributed by atoms with van der Waals surface area (Å²) in [6, 6.07) is 1.19. The third kappa shape index (κ3) is 5.44. The summed E-state index contributed by atoms with van der Waals surface area (Å²) < 4.78 is 0. The summed E-state index contributed by atoms with van der Waals surface area (Å²) in [5, 5.41) is 20.6. The maximum Gasteiger partial charge on any atom is 0.326 e. The molecule has 0 aliphatic heterocycles. The van der Waals surface area contributed by atoms with E-state index in [0.717, 1.165) is 0 Å². The monoisotopic (exact) mass is 267 g/mol. The van der Waals surface area contributed by atoms with Crippen molar-refractivity contribution in [3.05, 3.63) is 24.0 Å².